The minimum atomic E-state index is 0.352. The molecule has 0 amide bonds. The summed E-state index contributed by atoms with van der Waals surface area (Å²) < 4.78 is 0. The summed E-state index contributed by atoms with van der Waals surface area (Å²) in [5, 5.41) is 0. The topological polar surface area (TPSA) is 29.3 Å². The van der Waals surface area contributed by atoms with E-state index in [4.69, 9.17) is 5.73 Å². The highest BCUT2D eigenvalue weighted by Crippen LogP contribution is 1.86. The van der Waals surface area contributed by atoms with Gasteiger partial charge in [-0.25, -0.2) is 0 Å². The number of nitrogens with zero attached hydrogens (tertiary/aromatic N) is 1. The molecule has 0 fully saturated rings. The maximum Gasteiger partial charge on any atom is 0.0164 e. The fraction of sp³-hybridized carbons (Fsp3) is 1.00. The van der Waals surface area contributed by atoms with Crippen LogP contribution in [-0.2, 0) is 0 Å². The average Bonchev–Trinajstić information content (AvgIpc) is 1.65. The van der Waals surface area contributed by atoms with Crippen molar-refractivity contribution < 1.29 is 0 Å². The fourth-order valence-electron chi connectivity index (χ4n) is 0.598. The van der Waals surface area contributed by atoms with E-state index in [0.29, 0.717) is 6.04 Å². The van der Waals surface area contributed by atoms with Crippen molar-refractivity contribution in [2.45, 2.75) is 19.4 Å². The van der Waals surface area contributed by atoms with E-state index < -0.39 is 0 Å². The molecular weight excluding hydrogens is 100 g/mol. The van der Waals surface area contributed by atoms with E-state index in [1.165, 1.54) is 0 Å². The van der Waals surface area contributed by atoms with E-state index in [1.54, 1.807) is 0 Å². The molecule has 0 saturated carbocycles. The van der Waals surface area contributed by atoms with Crippen molar-refractivity contribution in [1.82, 2.24) is 4.90 Å². The van der Waals surface area contributed by atoms with E-state index in [9.17, 15) is 0 Å². The summed E-state index contributed by atoms with van der Waals surface area (Å²) in [5.41, 5.74) is 5.63. The van der Waals surface area contributed by atoms with E-state index >= 15 is 0 Å². The van der Waals surface area contributed by atoms with Crippen LogP contribution >= 0.6 is 0 Å². The van der Waals surface area contributed by atoms with E-state index in [2.05, 4.69) is 11.8 Å². The second kappa shape index (κ2) is 3.87. The van der Waals surface area contributed by atoms with Gasteiger partial charge in [0.2, 0.25) is 0 Å². The van der Waals surface area contributed by atoms with Gasteiger partial charge < -0.3 is 10.6 Å². The molecule has 2 nitrogen and oxygen atoms in total. The zero-order chi connectivity index (χ0) is 6.57. The van der Waals surface area contributed by atoms with Crippen LogP contribution in [-0.4, -0.2) is 31.6 Å². The van der Waals surface area contributed by atoms with Crippen LogP contribution in [0.1, 0.15) is 13.3 Å². The molecule has 0 aromatic carbocycles. The van der Waals surface area contributed by atoms with Gasteiger partial charge in [0.1, 0.15) is 0 Å². The third kappa shape index (κ3) is 4.09. The first kappa shape index (κ1) is 7.92. The lowest BCUT2D eigenvalue weighted by molar-refractivity contribution is 0.368. The second-order valence-corrected chi connectivity index (χ2v) is 2.43. The zero-order valence-electron chi connectivity index (χ0n) is 6.02. The lowest BCUT2D eigenvalue weighted by atomic mass is 10.2. The number of likely N-dealkylation sites (N-methyl/N-ethyl adjacent to an activating group) is 1. The van der Waals surface area contributed by atoms with Gasteiger partial charge in [-0.3, -0.25) is 0 Å². The quantitative estimate of drug-likeness (QED) is 0.574. The summed E-state index contributed by atoms with van der Waals surface area (Å²) in [6.07, 6.45) is 1.07. The van der Waals surface area contributed by atoms with Gasteiger partial charge >= 0.3 is 0 Å². The van der Waals surface area contributed by atoms with Crippen molar-refractivity contribution in [3.05, 3.63) is 0 Å². The average molecular weight is 116 g/mol. The highest BCUT2D eigenvalue weighted by molar-refractivity contribution is 4.59. The smallest absolute Gasteiger partial charge is 0.0164 e. The predicted molar refractivity (Wildman–Crippen MR) is 36.8 cm³/mol. The van der Waals surface area contributed by atoms with Crippen molar-refractivity contribution in [2.24, 2.45) is 5.73 Å². The molecule has 0 spiro atoms. The number of hydrogen-bond donors (Lipinski definition) is 1. The number of nitrogens with two attached hydrogens (primary N) is 1. The van der Waals surface area contributed by atoms with E-state index in [-0.39, 0.29) is 0 Å². The lowest BCUT2D eigenvalue weighted by Gasteiger charge is -2.13. The van der Waals surface area contributed by atoms with Gasteiger partial charge in [0, 0.05) is 12.6 Å². The molecule has 2 heteroatoms. The SMILES string of the molecule is CC[C@H](N)CN(C)C. The maximum atomic E-state index is 5.63. The summed E-state index contributed by atoms with van der Waals surface area (Å²) in [5.74, 6) is 0. The van der Waals surface area contributed by atoms with Gasteiger partial charge in [-0.1, -0.05) is 6.92 Å². The minimum absolute atomic E-state index is 0.352. The predicted octanol–water partition coefficient (Wildman–Crippen LogP) is 0.285. The van der Waals surface area contributed by atoms with Gasteiger partial charge in [0.15, 0.2) is 0 Å². The highest BCUT2D eigenvalue weighted by Gasteiger charge is 1.97. The van der Waals surface area contributed by atoms with Crippen molar-refractivity contribution in [1.29, 1.82) is 0 Å². The molecule has 0 saturated heterocycles. The Balaban J connectivity index is 3.10. The minimum Gasteiger partial charge on any atom is -0.327 e. The zero-order valence-corrected chi connectivity index (χ0v) is 6.02. The van der Waals surface area contributed by atoms with Gasteiger partial charge in [0.05, 0.1) is 0 Å². The summed E-state index contributed by atoms with van der Waals surface area (Å²) in [6, 6.07) is 0.352. The van der Waals surface area contributed by atoms with Crippen LogP contribution in [0.5, 0.6) is 0 Å². The molecule has 0 aliphatic rings. The summed E-state index contributed by atoms with van der Waals surface area (Å²) in [4.78, 5) is 2.11. The molecule has 0 aliphatic heterocycles. The Kier molecular flexibility index (Phi) is 3.83. The van der Waals surface area contributed by atoms with Crippen molar-refractivity contribution in [3.8, 4) is 0 Å². The molecule has 0 aromatic rings. The van der Waals surface area contributed by atoms with Crippen LogP contribution in [0.3, 0.4) is 0 Å². The Morgan fingerprint density at radius 3 is 2.12 bits per heavy atom. The molecule has 1 atom stereocenters. The monoisotopic (exact) mass is 116 g/mol. The van der Waals surface area contributed by atoms with Gasteiger partial charge in [-0.2, -0.15) is 0 Å². The molecule has 0 radical (unpaired) electrons. The summed E-state index contributed by atoms with van der Waals surface area (Å²) >= 11 is 0. The first-order valence-electron chi connectivity index (χ1n) is 3.07. The first-order chi connectivity index (χ1) is 3.66. The van der Waals surface area contributed by atoms with Crippen molar-refractivity contribution >= 4 is 0 Å². The fourth-order valence-corrected chi connectivity index (χ4v) is 0.598. The first-order valence-corrected chi connectivity index (χ1v) is 3.07. The second-order valence-electron chi connectivity index (χ2n) is 2.43. The Bertz CT molecular complexity index is 52.5. The third-order valence-corrected chi connectivity index (χ3v) is 1.12. The Morgan fingerprint density at radius 1 is 1.50 bits per heavy atom. The molecule has 0 rings (SSSR count). The maximum absolute atomic E-state index is 5.63. The third-order valence-electron chi connectivity index (χ3n) is 1.12. The van der Waals surface area contributed by atoms with Crippen molar-refractivity contribution in [2.75, 3.05) is 20.6 Å². The molecule has 0 heterocycles. The van der Waals surface area contributed by atoms with Gasteiger partial charge in [-0.05, 0) is 20.5 Å². The molecule has 0 aromatic heterocycles. The molecule has 8 heavy (non-hydrogen) atoms. The molecule has 0 aliphatic carbocycles. The normalized spacial score (nSPS) is 14.6. The standard InChI is InChI=1S/C6H16N2/c1-4-6(7)5-8(2)3/h6H,4-5,7H2,1-3H3/t6-/m0/s1. The Hall–Kier alpha value is -0.0800. The molecule has 0 bridgehead atoms. The highest BCUT2D eigenvalue weighted by atomic mass is 15.1. The summed E-state index contributed by atoms with van der Waals surface area (Å²) in [6.45, 7) is 3.10. The largest absolute Gasteiger partial charge is 0.327 e. The van der Waals surface area contributed by atoms with Crippen LogP contribution < -0.4 is 5.73 Å². The van der Waals surface area contributed by atoms with Crippen LogP contribution in [0.2, 0.25) is 0 Å². The van der Waals surface area contributed by atoms with E-state index in [1.807, 2.05) is 14.1 Å². The Morgan fingerprint density at radius 2 is 2.00 bits per heavy atom. The van der Waals surface area contributed by atoms with Crippen LogP contribution in [0, 0.1) is 0 Å². The van der Waals surface area contributed by atoms with Crippen LogP contribution in [0.4, 0.5) is 0 Å². The number of rotatable bonds is 3. The molecule has 0 unspecified atom stereocenters. The van der Waals surface area contributed by atoms with Gasteiger partial charge in [-0.15, -0.1) is 0 Å². The number of hydrogen-bond acceptors (Lipinski definition) is 2. The lowest BCUT2D eigenvalue weighted by Crippen LogP contribution is -2.32. The van der Waals surface area contributed by atoms with Crippen LogP contribution in [0.15, 0.2) is 0 Å². The molecule has 2 N–H and O–H groups in total. The van der Waals surface area contributed by atoms with Crippen molar-refractivity contribution in [3.63, 3.8) is 0 Å². The summed E-state index contributed by atoms with van der Waals surface area (Å²) in [7, 11) is 4.07. The van der Waals surface area contributed by atoms with E-state index in [0.717, 1.165) is 13.0 Å². The Labute approximate surface area is 51.7 Å². The molecular formula is C6H16N2. The molecule has 50 valence electrons. The van der Waals surface area contributed by atoms with Crippen LogP contribution in [0.25, 0.3) is 0 Å². The van der Waals surface area contributed by atoms with Gasteiger partial charge in [0.25, 0.3) is 0 Å².